The van der Waals surface area contributed by atoms with E-state index < -0.39 is 0 Å². The van der Waals surface area contributed by atoms with Crippen LogP contribution in [0.4, 0.5) is 11.4 Å². The molecule has 1 aliphatic heterocycles. The number of hydrogen-bond acceptors (Lipinski definition) is 5. The highest BCUT2D eigenvalue weighted by molar-refractivity contribution is 6.05. The lowest BCUT2D eigenvalue weighted by Gasteiger charge is -2.34. The van der Waals surface area contributed by atoms with E-state index in [2.05, 4.69) is 15.5 Å². The van der Waals surface area contributed by atoms with Crippen LogP contribution in [0.3, 0.4) is 0 Å². The monoisotopic (exact) mass is 397 g/mol. The molecule has 0 aromatic heterocycles. The van der Waals surface area contributed by atoms with Gasteiger partial charge in [0.15, 0.2) is 0 Å². The van der Waals surface area contributed by atoms with Gasteiger partial charge in [0.05, 0.1) is 31.5 Å². The number of hydrogen-bond donors (Lipinski definition) is 2. The van der Waals surface area contributed by atoms with Crippen molar-refractivity contribution in [2.45, 2.75) is 26.1 Å². The smallest absolute Gasteiger partial charge is 0.255 e. The fourth-order valence-electron chi connectivity index (χ4n) is 3.48. The van der Waals surface area contributed by atoms with Crippen molar-refractivity contribution in [2.24, 2.45) is 0 Å². The predicted octanol–water partition coefficient (Wildman–Crippen LogP) is 3.00. The van der Waals surface area contributed by atoms with Crippen LogP contribution in [0.2, 0.25) is 0 Å². The molecule has 2 amide bonds. The SMILES string of the molecule is COc1ccc(NC(=O)CN2C[C@@H](C)O[C@@H](C)C2)cc1NC(=O)c1ccccc1. The summed E-state index contributed by atoms with van der Waals surface area (Å²) in [5.74, 6) is 0.156. The second-order valence-electron chi connectivity index (χ2n) is 7.23. The van der Waals surface area contributed by atoms with Crippen molar-refractivity contribution in [3.05, 3.63) is 54.1 Å². The fraction of sp³-hybridized carbons (Fsp3) is 0.364. The van der Waals surface area contributed by atoms with Gasteiger partial charge in [0, 0.05) is 24.3 Å². The average Bonchev–Trinajstić information content (AvgIpc) is 2.68. The number of nitrogens with zero attached hydrogens (tertiary/aromatic N) is 1. The maximum Gasteiger partial charge on any atom is 0.255 e. The lowest BCUT2D eigenvalue weighted by Crippen LogP contribution is -2.48. The zero-order valence-corrected chi connectivity index (χ0v) is 17.0. The molecule has 2 atom stereocenters. The van der Waals surface area contributed by atoms with E-state index in [0.717, 1.165) is 13.1 Å². The Morgan fingerprint density at radius 2 is 1.76 bits per heavy atom. The van der Waals surface area contributed by atoms with E-state index in [0.29, 0.717) is 22.7 Å². The Kier molecular flexibility index (Phi) is 6.85. The minimum atomic E-state index is -0.247. The molecule has 0 spiro atoms. The Balaban J connectivity index is 1.66. The molecule has 7 nitrogen and oxygen atoms in total. The highest BCUT2D eigenvalue weighted by atomic mass is 16.5. The van der Waals surface area contributed by atoms with Gasteiger partial charge >= 0.3 is 0 Å². The van der Waals surface area contributed by atoms with Crippen molar-refractivity contribution >= 4 is 23.2 Å². The molecular weight excluding hydrogens is 370 g/mol. The molecule has 7 heteroatoms. The fourth-order valence-corrected chi connectivity index (χ4v) is 3.48. The summed E-state index contributed by atoms with van der Waals surface area (Å²) in [4.78, 5) is 27.0. The highest BCUT2D eigenvalue weighted by Gasteiger charge is 2.23. The second kappa shape index (κ2) is 9.54. The molecule has 2 N–H and O–H groups in total. The number of methoxy groups -OCH3 is 1. The van der Waals surface area contributed by atoms with Gasteiger partial charge in [-0.1, -0.05) is 18.2 Å². The molecule has 0 radical (unpaired) electrons. The molecule has 1 saturated heterocycles. The van der Waals surface area contributed by atoms with E-state index in [9.17, 15) is 9.59 Å². The third-order valence-corrected chi connectivity index (χ3v) is 4.63. The maximum absolute atomic E-state index is 12.5. The molecule has 29 heavy (non-hydrogen) atoms. The summed E-state index contributed by atoms with van der Waals surface area (Å²) in [6.45, 7) is 5.74. The van der Waals surface area contributed by atoms with E-state index in [1.807, 2.05) is 19.9 Å². The van der Waals surface area contributed by atoms with Gasteiger partial charge in [-0.3, -0.25) is 14.5 Å². The van der Waals surface area contributed by atoms with E-state index in [4.69, 9.17) is 9.47 Å². The van der Waals surface area contributed by atoms with Crippen LogP contribution in [0.15, 0.2) is 48.5 Å². The Hall–Kier alpha value is -2.90. The number of carbonyl (C=O) groups is 2. The normalized spacial score (nSPS) is 19.4. The Morgan fingerprint density at radius 3 is 2.41 bits per heavy atom. The maximum atomic E-state index is 12.5. The third-order valence-electron chi connectivity index (χ3n) is 4.63. The first kappa shape index (κ1) is 20.8. The lowest BCUT2D eigenvalue weighted by molar-refractivity contribution is -0.121. The number of amides is 2. The number of nitrogens with one attached hydrogen (secondary N) is 2. The summed E-state index contributed by atoms with van der Waals surface area (Å²) in [5, 5.41) is 5.74. The summed E-state index contributed by atoms with van der Waals surface area (Å²) in [7, 11) is 1.53. The van der Waals surface area contributed by atoms with Crippen LogP contribution in [-0.2, 0) is 9.53 Å². The van der Waals surface area contributed by atoms with Gasteiger partial charge in [-0.2, -0.15) is 0 Å². The quantitative estimate of drug-likeness (QED) is 0.783. The molecule has 2 aromatic rings. The van der Waals surface area contributed by atoms with Gasteiger partial charge in [0.25, 0.3) is 5.91 Å². The number of benzene rings is 2. The molecule has 0 unspecified atom stereocenters. The Labute approximate surface area is 171 Å². The van der Waals surface area contributed by atoms with Gasteiger partial charge in [0.1, 0.15) is 5.75 Å². The largest absolute Gasteiger partial charge is 0.495 e. The van der Waals surface area contributed by atoms with Crippen LogP contribution < -0.4 is 15.4 Å². The summed E-state index contributed by atoms with van der Waals surface area (Å²) in [6.07, 6.45) is 0.208. The van der Waals surface area contributed by atoms with Gasteiger partial charge in [0.2, 0.25) is 5.91 Å². The van der Waals surface area contributed by atoms with Crippen molar-refractivity contribution in [2.75, 3.05) is 37.4 Å². The second-order valence-corrected chi connectivity index (χ2v) is 7.23. The van der Waals surface area contributed by atoms with Gasteiger partial charge in [-0.15, -0.1) is 0 Å². The van der Waals surface area contributed by atoms with Gasteiger partial charge in [-0.25, -0.2) is 0 Å². The summed E-state index contributed by atoms with van der Waals surface area (Å²) in [5.41, 5.74) is 1.63. The zero-order valence-electron chi connectivity index (χ0n) is 17.0. The third kappa shape index (κ3) is 5.79. The molecule has 1 fully saturated rings. The van der Waals surface area contributed by atoms with Crippen LogP contribution in [0.1, 0.15) is 24.2 Å². The van der Waals surface area contributed by atoms with Crippen LogP contribution in [0.25, 0.3) is 0 Å². The molecule has 0 bridgehead atoms. The van der Waals surface area contributed by atoms with E-state index >= 15 is 0 Å². The first-order valence-corrected chi connectivity index (χ1v) is 9.66. The summed E-state index contributed by atoms with van der Waals surface area (Å²) >= 11 is 0. The van der Waals surface area contributed by atoms with Gasteiger partial charge in [-0.05, 0) is 44.2 Å². The van der Waals surface area contributed by atoms with Crippen molar-refractivity contribution in [1.82, 2.24) is 4.90 Å². The van der Waals surface area contributed by atoms with Crippen molar-refractivity contribution in [3.63, 3.8) is 0 Å². The van der Waals surface area contributed by atoms with E-state index in [1.165, 1.54) is 7.11 Å². The predicted molar refractivity (Wildman–Crippen MR) is 112 cm³/mol. The van der Waals surface area contributed by atoms with Crippen LogP contribution in [0.5, 0.6) is 5.75 Å². The minimum absolute atomic E-state index is 0.104. The molecule has 0 saturated carbocycles. The van der Waals surface area contributed by atoms with Crippen LogP contribution >= 0.6 is 0 Å². The number of morpholine rings is 1. The van der Waals surface area contributed by atoms with E-state index in [1.54, 1.807) is 42.5 Å². The molecule has 1 heterocycles. The molecular formula is C22H27N3O4. The molecule has 1 aliphatic rings. The topological polar surface area (TPSA) is 79.9 Å². The average molecular weight is 397 g/mol. The summed E-state index contributed by atoms with van der Waals surface area (Å²) in [6, 6.07) is 14.1. The number of anilines is 2. The molecule has 3 rings (SSSR count). The number of carbonyl (C=O) groups excluding carboxylic acids is 2. The van der Waals surface area contributed by atoms with Crippen molar-refractivity contribution < 1.29 is 19.1 Å². The first-order valence-electron chi connectivity index (χ1n) is 9.66. The molecule has 2 aromatic carbocycles. The standard InChI is InChI=1S/C22H27N3O4/c1-15-12-25(13-16(2)29-15)14-21(26)23-18-9-10-20(28-3)19(11-18)24-22(27)17-7-5-4-6-8-17/h4-11,15-16H,12-14H2,1-3H3,(H,23,26)(H,24,27)/t15-,16+. The zero-order chi connectivity index (χ0) is 20.8. The van der Waals surface area contributed by atoms with Crippen molar-refractivity contribution in [3.8, 4) is 5.75 Å². The van der Waals surface area contributed by atoms with Crippen LogP contribution in [-0.4, -0.2) is 55.7 Å². The Morgan fingerprint density at radius 1 is 1.07 bits per heavy atom. The van der Waals surface area contributed by atoms with Gasteiger partial charge < -0.3 is 20.1 Å². The number of rotatable bonds is 6. The van der Waals surface area contributed by atoms with Crippen molar-refractivity contribution in [1.29, 1.82) is 0 Å². The minimum Gasteiger partial charge on any atom is -0.495 e. The molecule has 154 valence electrons. The number of ether oxygens (including phenoxy) is 2. The summed E-state index contributed by atoms with van der Waals surface area (Å²) < 4.78 is 11.0. The Bertz CT molecular complexity index is 846. The first-order chi connectivity index (χ1) is 13.9. The molecule has 0 aliphatic carbocycles. The highest BCUT2D eigenvalue weighted by Crippen LogP contribution is 2.28. The van der Waals surface area contributed by atoms with Crippen LogP contribution in [0, 0.1) is 0 Å². The lowest BCUT2D eigenvalue weighted by atomic mass is 10.2. The van der Waals surface area contributed by atoms with E-state index in [-0.39, 0.29) is 30.6 Å².